The highest BCUT2D eigenvalue weighted by atomic mass is 32.1. The molecular weight excluding hydrogens is 606 g/mol. The van der Waals surface area contributed by atoms with Crippen LogP contribution < -0.4 is 24.5 Å². The summed E-state index contributed by atoms with van der Waals surface area (Å²) in [5.41, 5.74) is 2.92. The predicted octanol–water partition coefficient (Wildman–Crippen LogP) is 3.60. The van der Waals surface area contributed by atoms with Gasteiger partial charge in [-0.05, 0) is 43.8 Å². The summed E-state index contributed by atoms with van der Waals surface area (Å²) in [6, 6.07) is 20.4. The second-order valence-corrected chi connectivity index (χ2v) is 12.0. The molecule has 236 valence electrons. The number of rotatable bonds is 8. The van der Waals surface area contributed by atoms with Crippen LogP contribution in [0.15, 0.2) is 88.2 Å². The molecule has 4 aromatic rings. The van der Waals surface area contributed by atoms with E-state index in [2.05, 4.69) is 16.8 Å². The van der Waals surface area contributed by atoms with Crippen LogP contribution in [0.3, 0.4) is 0 Å². The monoisotopic (exact) mass is 639 g/mol. The molecule has 12 heteroatoms. The number of esters is 1. The number of aromatic nitrogens is 1. The van der Waals surface area contributed by atoms with Crippen molar-refractivity contribution in [2.75, 3.05) is 51.8 Å². The number of anilines is 1. The van der Waals surface area contributed by atoms with Gasteiger partial charge in [-0.1, -0.05) is 53.8 Å². The van der Waals surface area contributed by atoms with Gasteiger partial charge in [0.05, 0.1) is 40.5 Å². The number of likely N-dealkylation sites (N-methyl/N-ethyl adjacent to an activating group) is 1. The van der Waals surface area contributed by atoms with Crippen LogP contribution in [0.5, 0.6) is 5.75 Å². The second-order valence-electron chi connectivity index (χ2n) is 11.0. The molecule has 1 saturated heterocycles. The number of benzene rings is 3. The number of carbonyl (C=O) groups is 1. The second kappa shape index (κ2) is 13.1. The number of nitro benzene ring substituents is 1. The third-order valence-corrected chi connectivity index (χ3v) is 9.12. The van der Waals surface area contributed by atoms with Crippen molar-refractivity contribution in [3.63, 3.8) is 0 Å². The van der Waals surface area contributed by atoms with Crippen molar-refractivity contribution in [2.45, 2.75) is 13.0 Å². The summed E-state index contributed by atoms with van der Waals surface area (Å²) in [5.74, 6) is -0.0160. The number of hydrogen-bond donors (Lipinski definition) is 0. The zero-order chi connectivity index (χ0) is 32.4. The van der Waals surface area contributed by atoms with E-state index >= 15 is 0 Å². The van der Waals surface area contributed by atoms with Crippen molar-refractivity contribution in [1.29, 1.82) is 0 Å². The van der Waals surface area contributed by atoms with E-state index in [9.17, 15) is 19.7 Å². The lowest BCUT2D eigenvalue weighted by molar-refractivity contribution is -0.384. The molecule has 0 spiro atoms. The van der Waals surface area contributed by atoms with Gasteiger partial charge < -0.3 is 19.3 Å². The van der Waals surface area contributed by atoms with E-state index in [0.29, 0.717) is 37.5 Å². The molecule has 0 aliphatic carbocycles. The number of carbonyl (C=O) groups excluding carboxylic acids is 1. The normalized spacial score (nSPS) is 17.0. The molecule has 3 aromatic carbocycles. The molecule has 3 heterocycles. The third kappa shape index (κ3) is 5.96. The van der Waals surface area contributed by atoms with Crippen LogP contribution in [0.4, 0.5) is 11.4 Å². The van der Waals surface area contributed by atoms with Crippen molar-refractivity contribution in [1.82, 2.24) is 9.47 Å². The van der Waals surface area contributed by atoms with E-state index < -0.39 is 16.9 Å². The van der Waals surface area contributed by atoms with E-state index in [0.717, 1.165) is 31.9 Å². The third-order valence-electron chi connectivity index (χ3n) is 8.14. The topological polar surface area (TPSA) is 120 Å². The Bertz CT molecular complexity index is 2010. The summed E-state index contributed by atoms with van der Waals surface area (Å²) < 4.78 is 12.9. The first-order valence-corrected chi connectivity index (χ1v) is 15.7. The number of fused-ring (bicyclic) bond motifs is 1. The molecule has 1 aromatic heterocycles. The van der Waals surface area contributed by atoms with Crippen molar-refractivity contribution >= 4 is 40.5 Å². The number of nitrogens with zero attached hydrogens (tertiary/aromatic N) is 5. The fourth-order valence-electron chi connectivity index (χ4n) is 5.82. The zero-order valence-corrected chi connectivity index (χ0v) is 26.5. The van der Waals surface area contributed by atoms with Crippen molar-refractivity contribution < 1.29 is 19.2 Å². The largest absolute Gasteiger partial charge is 0.497 e. The predicted molar refractivity (Wildman–Crippen MR) is 177 cm³/mol. The molecule has 11 nitrogen and oxygen atoms in total. The maximum atomic E-state index is 14.4. The Morgan fingerprint density at radius 2 is 1.83 bits per heavy atom. The van der Waals surface area contributed by atoms with Gasteiger partial charge in [0.25, 0.3) is 11.2 Å². The summed E-state index contributed by atoms with van der Waals surface area (Å²) in [5, 5.41) is 11.8. The van der Waals surface area contributed by atoms with Crippen LogP contribution in [0.2, 0.25) is 0 Å². The molecule has 2 aliphatic heterocycles. The number of non-ortho nitro benzene ring substituents is 1. The standard InChI is InChI=1S/C34H33N5O6S/c1-4-45-33(41)29-30(22-9-6-5-7-10-22)35-34-38(31(29)23-11-8-12-26(20-23)44-3)32(40)28(46-34)21-24-19-25(39(42)43)13-14-27(24)37-17-15-36(2)16-18-37/h5-14,19-21,31H,4,15-18H2,1-3H3/b28-21+/t31-/m0/s1. The number of thiazole rings is 1. The quantitative estimate of drug-likeness (QED) is 0.163. The molecule has 6 rings (SSSR count). The Kier molecular flexibility index (Phi) is 8.82. The lowest BCUT2D eigenvalue weighted by Crippen LogP contribution is -2.44. The fraction of sp³-hybridized carbons (Fsp3) is 0.265. The lowest BCUT2D eigenvalue weighted by atomic mass is 9.93. The molecule has 2 aliphatic rings. The number of nitro groups is 1. The first-order chi connectivity index (χ1) is 22.3. The maximum absolute atomic E-state index is 14.4. The van der Waals surface area contributed by atoms with Gasteiger partial charge in [-0.25, -0.2) is 9.79 Å². The van der Waals surface area contributed by atoms with Crippen molar-refractivity contribution in [2.24, 2.45) is 4.99 Å². The molecule has 1 atom stereocenters. The highest BCUT2D eigenvalue weighted by molar-refractivity contribution is 7.07. The van der Waals surface area contributed by atoms with E-state index in [1.54, 1.807) is 44.4 Å². The fourth-order valence-corrected chi connectivity index (χ4v) is 6.81. The SMILES string of the molecule is CCOC(=O)C1=C(c2ccccc2)N=c2s/c(=C/c3cc([N+](=O)[O-])ccc3N3CCN(C)CC3)c(=O)n2[C@H]1c1cccc(OC)c1. The van der Waals surface area contributed by atoms with Crippen molar-refractivity contribution in [3.8, 4) is 5.75 Å². The number of piperazine rings is 1. The molecule has 0 amide bonds. The highest BCUT2D eigenvalue weighted by Gasteiger charge is 2.35. The van der Waals surface area contributed by atoms with Gasteiger partial charge in [-0.15, -0.1) is 0 Å². The van der Waals surface area contributed by atoms with E-state index in [-0.39, 0.29) is 23.4 Å². The first kappa shape index (κ1) is 30.9. The Morgan fingerprint density at radius 3 is 2.52 bits per heavy atom. The lowest BCUT2D eigenvalue weighted by Gasteiger charge is -2.34. The summed E-state index contributed by atoms with van der Waals surface area (Å²) in [4.78, 5) is 49.1. The van der Waals surface area contributed by atoms with Crippen LogP contribution in [0.25, 0.3) is 11.8 Å². The van der Waals surface area contributed by atoms with Gasteiger partial charge >= 0.3 is 5.97 Å². The van der Waals surface area contributed by atoms with Gasteiger partial charge in [-0.3, -0.25) is 19.5 Å². The molecule has 0 bridgehead atoms. The minimum Gasteiger partial charge on any atom is -0.497 e. The van der Waals surface area contributed by atoms with Crippen LogP contribution in [-0.4, -0.2) is 67.3 Å². The Hall–Kier alpha value is -5.07. The number of hydrogen-bond acceptors (Lipinski definition) is 10. The molecule has 0 saturated carbocycles. The van der Waals surface area contributed by atoms with E-state index in [1.807, 2.05) is 36.4 Å². The van der Waals surface area contributed by atoms with Crippen LogP contribution in [-0.2, 0) is 9.53 Å². The van der Waals surface area contributed by atoms with Gasteiger partial charge in [0.1, 0.15) is 5.75 Å². The van der Waals surface area contributed by atoms with Gasteiger partial charge in [0.2, 0.25) is 0 Å². The molecule has 0 N–H and O–H groups in total. The van der Waals surface area contributed by atoms with Crippen molar-refractivity contribution in [3.05, 3.63) is 125 Å². The summed E-state index contributed by atoms with van der Waals surface area (Å²) in [7, 11) is 3.61. The van der Waals surface area contributed by atoms with E-state index in [1.165, 1.54) is 28.0 Å². The van der Waals surface area contributed by atoms with Crippen LogP contribution >= 0.6 is 11.3 Å². The zero-order valence-electron chi connectivity index (χ0n) is 25.7. The van der Waals surface area contributed by atoms with Gasteiger partial charge in [0, 0.05) is 55.1 Å². The highest BCUT2D eigenvalue weighted by Crippen LogP contribution is 2.36. The molecule has 0 radical (unpaired) electrons. The Labute approximate surface area is 269 Å². The Morgan fingerprint density at radius 1 is 1.07 bits per heavy atom. The first-order valence-electron chi connectivity index (χ1n) is 14.9. The maximum Gasteiger partial charge on any atom is 0.338 e. The summed E-state index contributed by atoms with van der Waals surface area (Å²) in [6.45, 7) is 5.05. The molecule has 0 unspecified atom stereocenters. The number of ether oxygens (including phenoxy) is 2. The Balaban J connectivity index is 1.61. The minimum atomic E-state index is -0.870. The van der Waals surface area contributed by atoms with Gasteiger partial charge in [-0.2, -0.15) is 0 Å². The van der Waals surface area contributed by atoms with E-state index in [4.69, 9.17) is 14.5 Å². The number of methoxy groups -OCH3 is 1. The summed E-state index contributed by atoms with van der Waals surface area (Å²) >= 11 is 1.17. The summed E-state index contributed by atoms with van der Waals surface area (Å²) in [6.07, 6.45) is 1.70. The smallest absolute Gasteiger partial charge is 0.338 e. The molecule has 1 fully saturated rings. The minimum absolute atomic E-state index is 0.0675. The molecular formula is C34H33N5O6S. The van der Waals surface area contributed by atoms with Gasteiger partial charge in [0.15, 0.2) is 4.80 Å². The van der Waals surface area contributed by atoms with Crippen LogP contribution in [0, 0.1) is 10.1 Å². The van der Waals surface area contributed by atoms with Crippen LogP contribution in [0.1, 0.15) is 29.7 Å². The molecule has 46 heavy (non-hydrogen) atoms. The average Bonchev–Trinajstić information content (AvgIpc) is 3.38. The average molecular weight is 640 g/mol.